The maximum atomic E-state index is 10.1. The molecule has 0 aliphatic carbocycles. The smallest absolute Gasteiger partial charge is 0.396 e. The molecule has 0 atom stereocenters. The highest BCUT2D eigenvalue weighted by Crippen LogP contribution is 2.14. The van der Waals surface area contributed by atoms with E-state index in [-0.39, 0.29) is 13.2 Å². The highest BCUT2D eigenvalue weighted by atomic mass is 28.4. The van der Waals surface area contributed by atoms with Crippen molar-refractivity contribution in [1.82, 2.24) is 0 Å². The number of hydrogen-bond donors (Lipinski definition) is 2. The summed E-state index contributed by atoms with van der Waals surface area (Å²) in [6.45, 7) is 3.46. The first kappa shape index (κ1) is 39.8. The van der Waals surface area contributed by atoms with E-state index in [1.54, 1.807) is 42.7 Å². The van der Waals surface area contributed by atoms with Crippen LogP contribution >= 0.6 is 0 Å². The lowest BCUT2D eigenvalue weighted by Crippen LogP contribution is -2.42. The Balaban J connectivity index is -0.000000180. The maximum Gasteiger partial charge on any atom is 0.500 e. The number of rotatable bonds is 16. The monoisotopic (exact) mass is 538 g/mol. The third kappa shape index (κ3) is 23.1. The summed E-state index contributed by atoms with van der Waals surface area (Å²) in [6.07, 6.45) is 3.34. The van der Waals surface area contributed by atoms with Crippen LogP contribution in [0.25, 0.3) is 0 Å². The molecule has 0 radical (unpaired) electrons. The molecule has 0 rings (SSSR count). The number of aliphatic hydroxyl groups is 2. The van der Waals surface area contributed by atoms with Crippen molar-refractivity contribution in [3.63, 3.8) is 0 Å². The Morgan fingerprint density at radius 1 is 0.727 bits per heavy atom. The third-order valence-corrected chi connectivity index (χ3v) is 10.5. The summed E-state index contributed by atoms with van der Waals surface area (Å²) in [6, 6.07) is 1.20. The first-order valence-electron chi connectivity index (χ1n) is 9.91. The van der Waals surface area contributed by atoms with E-state index in [2.05, 4.69) is 6.58 Å². The number of carbonyl (C=O) groups is 1. The summed E-state index contributed by atoms with van der Waals surface area (Å²) in [5.41, 5.74) is 0. The lowest BCUT2D eigenvalue weighted by Gasteiger charge is -2.23. The van der Waals surface area contributed by atoms with E-state index in [0.29, 0.717) is 24.9 Å². The van der Waals surface area contributed by atoms with E-state index in [0.717, 1.165) is 6.29 Å². The van der Waals surface area contributed by atoms with Crippen molar-refractivity contribution in [2.24, 2.45) is 0 Å². The normalized spacial score (nSPS) is 10.8. The Kier molecular flexibility index (Phi) is 35.8. The molecule has 0 bridgehead atoms. The van der Waals surface area contributed by atoms with E-state index < -0.39 is 27.1 Å². The number of aldehydes is 1. The third-order valence-electron chi connectivity index (χ3n) is 3.78. The van der Waals surface area contributed by atoms with Crippen molar-refractivity contribution in [2.75, 3.05) is 77.2 Å². The molecule has 2 N–H and O–H groups in total. The quantitative estimate of drug-likeness (QED) is 0.161. The minimum atomic E-state index is -2.47. The summed E-state index contributed by atoms with van der Waals surface area (Å²) < 4.78 is 44.8. The first-order valence-corrected chi connectivity index (χ1v) is 15.2. The van der Waals surface area contributed by atoms with Crippen LogP contribution in [0.15, 0.2) is 12.7 Å². The summed E-state index contributed by atoms with van der Waals surface area (Å²) in [7, 11) is 7.47. The van der Waals surface area contributed by atoms with E-state index in [1.807, 2.05) is 0 Å². The van der Waals surface area contributed by atoms with Crippen molar-refractivity contribution in [3.05, 3.63) is 12.7 Å². The predicted molar refractivity (Wildman–Crippen MR) is 131 cm³/mol. The molecule has 0 saturated carbocycles. The Labute approximate surface area is 203 Å². The molecule has 0 aliphatic rings. The fourth-order valence-electron chi connectivity index (χ4n) is 1.93. The molecule has 0 spiro atoms. The van der Waals surface area contributed by atoms with Gasteiger partial charge < -0.3 is 54.8 Å². The van der Waals surface area contributed by atoms with Crippen molar-refractivity contribution >= 4 is 33.4 Å². The Morgan fingerprint density at radius 2 is 1.06 bits per heavy atom. The van der Waals surface area contributed by atoms with E-state index in [1.165, 1.54) is 27.4 Å². The van der Waals surface area contributed by atoms with Gasteiger partial charge in [-0.2, -0.15) is 0 Å². The van der Waals surface area contributed by atoms with Crippen molar-refractivity contribution in [3.8, 4) is 0 Å². The molecule has 0 heterocycles. The van der Waals surface area contributed by atoms with Crippen LogP contribution in [0.5, 0.6) is 0 Å². The summed E-state index contributed by atoms with van der Waals surface area (Å²) >= 11 is 0. The fourth-order valence-corrected chi connectivity index (χ4v) is 5.80. The molecule has 0 aromatic carbocycles. The van der Waals surface area contributed by atoms with Gasteiger partial charge in [-0.05, 0) is 6.42 Å². The topological polar surface area (TPSA) is 141 Å². The maximum absolute atomic E-state index is 10.1. The summed E-state index contributed by atoms with van der Waals surface area (Å²) in [4.78, 5) is 10.1. The molecular weight excluding hydrogens is 492 g/mol. The van der Waals surface area contributed by atoms with E-state index >= 15 is 0 Å². The van der Waals surface area contributed by atoms with Gasteiger partial charge in [0.05, 0.1) is 6.61 Å². The second-order valence-electron chi connectivity index (χ2n) is 5.59. The van der Waals surface area contributed by atoms with Crippen LogP contribution < -0.4 is 0 Å². The molecule has 0 aromatic rings. The van der Waals surface area contributed by atoms with Gasteiger partial charge in [-0.1, -0.05) is 6.08 Å². The van der Waals surface area contributed by atoms with Gasteiger partial charge in [-0.15, -0.1) is 6.58 Å². The average molecular weight is 539 g/mol. The molecule has 12 nitrogen and oxygen atoms in total. The van der Waals surface area contributed by atoms with E-state index in [9.17, 15) is 4.79 Å². The molecule has 0 saturated heterocycles. The average Bonchev–Trinajstić information content (AvgIpc) is 2.88. The minimum Gasteiger partial charge on any atom is -0.396 e. The van der Waals surface area contributed by atoms with Crippen LogP contribution in [-0.2, 0) is 44.6 Å². The van der Waals surface area contributed by atoms with Gasteiger partial charge in [0, 0.05) is 89.1 Å². The van der Waals surface area contributed by atoms with E-state index in [4.69, 9.17) is 50.0 Å². The molecule has 202 valence electrons. The van der Waals surface area contributed by atoms with Crippen LogP contribution in [-0.4, -0.2) is 121 Å². The van der Waals surface area contributed by atoms with Crippen LogP contribution in [0.2, 0.25) is 12.1 Å². The second kappa shape index (κ2) is 29.7. The Morgan fingerprint density at radius 3 is 1.24 bits per heavy atom. The predicted octanol–water partition coefficient (Wildman–Crippen LogP) is 0.508. The SMILES string of the molecule is C=CCO.CO[SiH](OC)OC.CO[Si](CCC=O)(OC)OC.CO[Si](CCCO)(OC)OC. The second-order valence-corrected chi connectivity index (χ2v) is 13.8. The highest BCUT2D eigenvalue weighted by molar-refractivity contribution is 6.61. The van der Waals surface area contributed by atoms with Gasteiger partial charge in [-0.3, -0.25) is 0 Å². The van der Waals surface area contributed by atoms with Crippen molar-refractivity contribution < 1.29 is 54.8 Å². The molecule has 15 heteroatoms. The van der Waals surface area contributed by atoms with Gasteiger partial charge in [0.25, 0.3) is 0 Å². The van der Waals surface area contributed by atoms with Crippen molar-refractivity contribution in [1.29, 1.82) is 0 Å². The summed E-state index contributed by atoms with van der Waals surface area (Å²) in [5.74, 6) is 0. The zero-order valence-corrected chi connectivity index (χ0v) is 24.8. The zero-order valence-electron chi connectivity index (χ0n) is 21.7. The number of hydrogen-bond acceptors (Lipinski definition) is 12. The molecule has 0 amide bonds. The molecule has 0 fully saturated rings. The molecule has 0 aromatic heterocycles. The number of carbonyl (C=O) groups excluding carboxylic acids is 1. The van der Waals surface area contributed by atoms with Gasteiger partial charge in [0.1, 0.15) is 6.29 Å². The summed E-state index contributed by atoms with van der Waals surface area (Å²) in [5, 5.41) is 16.3. The van der Waals surface area contributed by atoms with Crippen molar-refractivity contribution in [2.45, 2.75) is 24.9 Å². The minimum absolute atomic E-state index is 0.0833. The van der Waals surface area contributed by atoms with Crippen LogP contribution in [0, 0.1) is 0 Å². The van der Waals surface area contributed by atoms with Gasteiger partial charge in [-0.25, -0.2) is 0 Å². The van der Waals surface area contributed by atoms with Crippen LogP contribution in [0.1, 0.15) is 12.8 Å². The first-order chi connectivity index (χ1) is 15.7. The van der Waals surface area contributed by atoms with Gasteiger partial charge in [0.2, 0.25) is 0 Å². The zero-order chi connectivity index (χ0) is 26.6. The standard InChI is InChI=1S/C6H16O4Si.C6H14O4Si.C3H10O3Si.C3H6O/c2*1-8-11(9-2,10-3)6-4-5-7;1-4-7(5-2)6-3;1-2-3-4/h7H,4-6H2,1-3H3;5H,4,6H2,1-3H3;7H,1-3H3;2,4H,1,3H2. The number of aliphatic hydroxyl groups excluding tert-OH is 2. The Bertz CT molecular complexity index is 374. The molecular formula is C18H46O12Si3. The van der Waals surface area contributed by atoms with Gasteiger partial charge in [0.15, 0.2) is 0 Å². The molecule has 33 heavy (non-hydrogen) atoms. The molecule has 0 unspecified atom stereocenters. The van der Waals surface area contributed by atoms with Gasteiger partial charge >= 0.3 is 27.1 Å². The molecule has 0 aliphatic heterocycles. The van der Waals surface area contributed by atoms with Crippen LogP contribution in [0.3, 0.4) is 0 Å². The van der Waals surface area contributed by atoms with Crippen LogP contribution in [0.4, 0.5) is 0 Å². The lowest BCUT2D eigenvalue weighted by molar-refractivity contribution is -0.107. The fraction of sp³-hybridized carbons (Fsp3) is 0.833. The largest absolute Gasteiger partial charge is 0.500 e. The highest BCUT2D eigenvalue weighted by Gasteiger charge is 2.37. The Hall–Kier alpha value is -0.379. The lowest BCUT2D eigenvalue weighted by atomic mass is 10.5.